The van der Waals surface area contributed by atoms with Crippen molar-refractivity contribution in [3.05, 3.63) is 47.9 Å². The Balaban J connectivity index is 1.27. The zero-order valence-electron chi connectivity index (χ0n) is 23.1. The summed E-state index contributed by atoms with van der Waals surface area (Å²) in [5.74, 6) is 2.07. The largest absolute Gasteiger partial charge is 0.378 e. The van der Waals surface area contributed by atoms with Gasteiger partial charge in [0.1, 0.15) is 11.3 Å². The smallest absolute Gasteiger partial charge is 0.254 e. The lowest BCUT2D eigenvalue weighted by atomic mass is 10.1. The van der Waals surface area contributed by atoms with Gasteiger partial charge < -0.3 is 14.6 Å². The summed E-state index contributed by atoms with van der Waals surface area (Å²) in [5, 5.41) is 4.78. The number of ether oxygens (including phenoxy) is 1. The molecule has 2 aliphatic heterocycles. The lowest BCUT2D eigenvalue weighted by molar-refractivity contribution is 0.122. The molecule has 0 amide bonds. The van der Waals surface area contributed by atoms with E-state index in [4.69, 9.17) is 24.8 Å². The van der Waals surface area contributed by atoms with E-state index in [-0.39, 0.29) is 6.04 Å². The molecule has 0 bridgehead atoms. The van der Waals surface area contributed by atoms with Crippen molar-refractivity contribution in [3.63, 3.8) is 0 Å². The Morgan fingerprint density at radius 3 is 2.58 bits per heavy atom. The number of H-pyrrole nitrogens is 1. The van der Waals surface area contributed by atoms with Gasteiger partial charge in [0.25, 0.3) is 5.95 Å². The van der Waals surface area contributed by atoms with E-state index in [1.807, 2.05) is 24.4 Å². The number of hydrogen-bond donors (Lipinski definition) is 1. The highest BCUT2D eigenvalue weighted by molar-refractivity contribution is 7.88. The number of likely N-dealkylation sites (tertiary alicyclic amines) is 1. The SMILES string of the molecule is Cc1cccc(-c2ccn(-c3nc(N4CCOCC4)c4[nH]c(CN5CCC(N(C)S(C)(=O)=O)CC5)nc4n3)n2)c1. The topological polar surface area (TPSA) is 125 Å². The van der Waals surface area contributed by atoms with Gasteiger partial charge in [0.2, 0.25) is 10.0 Å². The maximum absolute atomic E-state index is 11.9. The molecule has 1 aromatic carbocycles. The van der Waals surface area contributed by atoms with Crippen LogP contribution in [0.2, 0.25) is 0 Å². The number of hydrogen-bond acceptors (Lipinski definition) is 9. The molecule has 6 rings (SSSR count). The first-order valence-electron chi connectivity index (χ1n) is 13.6. The van der Waals surface area contributed by atoms with Crippen molar-refractivity contribution in [1.82, 2.24) is 38.9 Å². The van der Waals surface area contributed by atoms with Crippen LogP contribution in [0.15, 0.2) is 36.5 Å². The van der Waals surface area contributed by atoms with Crippen molar-refractivity contribution < 1.29 is 13.2 Å². The van der Waals surface area contributed by atoms with E-state index in [9.17, 15) is 8.42 Å². The fraction of sp³-hybridized carbons (Fsp3) is 0.481. The number of morpholine rings is 1. The van der Waals surface area contributed by atoms with Gasteiger partial charge in [-0.3, -0.25) is 4.90 Å². The van der Waals surface area contributed by atoms with Crippen LogP contribution >= 0.6 is 0 Å². The van der Waals surface area contributed by atoms with Crippen LogP contribution in [0, 0.1) is 6.92 Å². The van der Waals surface area contributed by atoms with E-state index in [0.29, 0.717) is 31.4 Å². The van der Waals surface area contributed by atoms with Gasteiger partial charge in [0.15, 0.2) is 11.5 Å². The molecule has 0 aliphatic carbocycles. The second-order valence-corrected chi connectivity index (χ2v) is 12.7. The quantitative estimate of drug-likeness (QED) is 0.359. The van der Waals surface area contributed by atoms with Gasteiger partial charge >= 0.3 is 0 Å². The van der Waals surface area contributed by atoms with Crippen molar-refractivity contribution >= 4 is 27.0 Å². The highest BCUT2D eigenvalue weighted by atomic mass is 32.2. The molecule has 40 heavy (non-hydrogen) atoms. The molecule has 13 heteroatoms. The van der Waals surface area contributed by atoms with Crippen LogP contribution in [-0.4, -0.2) is 106 Å². The Hall–Kier alpha value is -3.39. The summed E-state index contributed by atoms with van der Waals surface area (Å²) in [6.07, 6.45) is 4.72. The van der Waals surface area contributed by atoms with E-state index in [2.05, 4.69) is 33.8 Å². The molecular weight excluding hydrogens is 530 g/mol. The average Bonchev–Trinajstić information content (AvgIpc) is 3.60. The lowest BCUT2D eigenvalue weighted by Gasteiger charge is -2.35. The molecule has 1 N–H and O–H groups in total. The molecule has 212 valence electrons. The Kier molecular flexibility index (Phi) is 7.29. The Labute approximate surface area is 234 Å². The molecule has 12 nitrogen and oxygen atoms in total. The first kappa shape index (κ1) is 26.8. The maximum atomic E-state index is 11.9. The van der Waals surface area contributed by atoms with E-state index in [0.717, 1.165) is 67.4 Å². The molecule has 2 fully saturated rings. The van der Waals surface area contributed by atoms with Crippen molar-refractivity contribution in [1.29, 1.82) is 0 Å². The van der Waals surface area contributed by atoms with E-state index in [1.54, 1.807) is 11.7 Å². The van der Waals surface area contributed by atoms with Crippen LogP contribution < -0.4 is 4.90 Å². The molecule has 0 atom stereocenters. The molecule has 0 radical (unpaired) electrons. The molecule has 0 saturated carbocycles. The van der Waals surface area contributed by atoms with Gasteiger partial charge in [-0.1, -0.05) is 23.8 Å². The van der Waals surface area contributed by atoms with Crippen LogP contribution in [0.1, 0.15) is 24.2 Å². The monoisotopic (exact) mass is 565 g/mol. The number of anilines is 1. The minimum atomic E-state index is -3.19. The number of nitrogens with one attached hydrogen (secondary N) is 1. The Morgan fingerprint density at radius 2 is 1.85 bits per heavy atom. The Morgan fingerprint density at radius 1 is 1.07 bits per heavy atom. The summed E-state index contributed by atoms with van der Waals surface area (Å²) in [4.78, 5) is 22.6. The van der Waals surface area contributed by atoms with Crippen molar-refractivity contribution in [2.24, 2.45) is 0 Å². The number of benzene rings is 1. The Bertz CT molecular complexity index is 1600. The van der Waals surface area contributed by atoms with Crippen LogP contribution in [0.3, 0.4) is 0 Å². The number of aromatic nitrogens is 6. The second kappa shape index (κ2) is 10.9. The number of piperidine rings is 1. The third-order valence-corrected chi connectivity index (χ3v) is 9.10. The highest BCUT2D eigenvalue weighted by Gasteiger charge is 2.28. The van der Waals surface area contributed by atoms with Crippen LogP contribution in [0.5, 0.6) is 0 Å². The summed E-state index contributed by atoms with van der Waals surface area (Å²) >= 11 is 0. The first-order chi connectivity index (χ1) is 19.2. The second-order valence-electron chi connectivity index (χ2n) is 10.6. The summed E-state index contributed by atoms with van der Waals surface area (Å²) in [6, 6.07) is 10.3. The average molecular weight is 566 g/mol. The lowest BCUT2D eigenvalue weighted by Crippen LogP contribution is -2.45. The van der Waals surface area contributed by atoms with Crippen LogP contribution in [0.25, 0.3) is 28.4 Å². The summed E-state index contributed by atoms with van der Waals surface area (Å²) < 4.78 is 32.7. The fourth-order valence-electron chi connectivity index (χ4n) is 5.42. The molecule has 0 unspecified atom stereocenters. The van der Waals surface area contributed by atoms with Gasteiger partial charge in [-0.25, -0.2) is 22.4 Å². The molecule has 2 aliphatic rings. The van der Waals surface area contributed by atoms with Crippen molar-refractivity contribution in [2.45, 2.75) is 32.4 Å². The number of imidazole rings is 1. The van der Waals surface area contributed by atoms with Gasteiger partial charge in [-0.15, -0.1) is 0 Å². The zero-order valence-corrected chi connectivity index (χ0v) is 23.9. The highest BCUT2D eigenvalue weighted by Crippen LogP contribution is 2.26. The van der Waals surface area contributed by atoms with E-state index < -0.39 is 10.0 Å². The summed E-state index contributed by atoms with van der Waals surface area (Å²) in [7, 11) is -1.53. The van der Waals surface area contributed by atoms with Gasteiger partial charge in [-0.2, -0.15) is 15.1 Å². The van der Waals surface area contributed by atoms with E-state index >= 15 is 0 Å². The number of sulfonamides is 1. The normalized spacial score (nSPS) is 17.8. The third-order valence-electron chi connectivity index (χ3n) is 7.76. The minimum absolute atomic E-state index is 0.0297. The van der Waals surface area contributed by atoms with Gasteiger partial charge in [0, 0.05) is 51.0 Å². The number of aryl methyl sites for hydroxylation is 1. The standard InChI is InChI=1S/C27H35N9O3S/c1-19-5-4-6-20(17-19)22-9-12-36(32-22)27-30-25-24(26(31-27)35-13-15-39-16-14-35)28-23(29-25)18-34-10-7-21(8-11-34)33(2)40(3,37)38/h4-6,9,12,17,21H,7-8,10-11,13-16,18H2,1-3H3,(H,28,29,30,31). The molecule has 5 heterocycles. The predicted molar refractivity (Wildman–Crippen MR) is 153 cm³/mol. The molecule has 0 spiro atoms. The number of rotatable bonds is 7. The van der Waals surface area contributed by atoms with Crippen molar-refractivity contribution in [3.8, 4) is 17.2 Å². The molecule has 4 aromatic rings. The fourth-order valence-corrected chi connectivity index (χ4v) is 6.17. The first-order valence-corrected chi connectivity index (χ1v) is 15.5. The van der Waals surface area contributed by atoms with Gasteiger partial charge in [-0.05, 0) is 31.9 Å². The predicted octanol–water partition coefficient (Wildman–Crippen LogP) is 2.21. The summed E-state index contributed by atoms with van der Waals surface area (Å²) in [6.45, 7) is 7.02. The third kappa shape index (κ3) is 5.59. The summed E-state index contributed by atoms with van der Waals surface area (Å²) in [5.41, 5.74) is 4.48. The zero-order chi connectivity index (χ0) is 27.9. The molecular formula is C27H35N9O3S. The van der Waals surface area contributed by atoms with Crippen molar-refractivity contribution in [2.75, 3.05) is 57.6 Å². The number of aromatic amines is 1. The maximum Gasteiger partial charge on any atom is 0.254 e. The van der Waals surface area contributed by atoms with Crippen LogP contribution in [0.4, 0.5) is 5.82 Å². The van der Waals surface area contributed by atoms with Crippen LogP contribution in [-0.2, 0) is 21.3 Å². The molecule has 3 aromatic heterocycles. The molecule has 2 saturated heterocycles. The number of fused-ring (bicyclic) bond motifs is 1. The van der Waals surface area contributed by atoms with E-state index in [1.165, 1.54) is 16.1 Å². The number of nitrogens with zero attached hydrogens (tertiary/aromatic N) is 8. The minimum Gasteiger partial charge on any atom is -0.378 e. The van der Waals surface area contributed by atoms with Gasteiger partial charge in [0.05, 0.1) is 31.7 Å².